The average molecular weight is 297 g/mol. The average Bonchev–Trinajstić information content (AvgIpc) is 2.58. The number of pyridine rings is 1. The molecule has 0 aliphatic rings. The first-order valence-electron chi connectivity index (χ1n) is 6.95. The second-order valence-electron chi connectivity index (χ2n) is 4.59. The van der Waals surface area contributed by atoms with Crippen LogP contribution in [0.3, 0.4) is 0 Å². The smallest absolute Gasteiger partial charge is 0.270 e. The maximum atomic E-state index is 12.2. The predicted molar refractivity (Wildman–Crippen MR) is 87.1 cm³/mol. The quantitative estimate of drug-likeness (QED) is 0.771. The Hall–Kier alpha value is -2.82. The van der Waals surface area contributed by atoms with Gasteiger partial charge in [0.1, 0.15) is 11.4 Å². The summed E-state index contributed by atoms with van der Waals surface area (Å²) in [7, 11) is 1.61. The highest BCUT2D eigenvalue weighted by Crippen LogP contribution is 2.17. The van der Waals surface area contributed by atoms with E-state index in [-0.39, 0.29) is 5.91 Å². The second-order valence-corrected chi connectivity index (χ2v) is 4.59. The zero-order valence-corrected chi connectivity index (χ0v) is 12.5. The van der Waals surface area contributed by atoms with Crippen LogP contribution in [0.2, 0.25) is 0 Å². The fraction of sp³-hybridized carbons (Fsp3) is 0.176. The first kappa shape index (κ1) is 15.6. The van der Waals surface area contributed by atoms with E-state index in [4.69, 9.17) is 4.74 Å². The van der Waals surface area contributed by atoms with Gasteiger partial charge in [-0.05, 0) is 18.2 Å². The highest BCUT2D eigenvalue weighted by atomic mass is 16.5. The van der Waals surface area contributed by atoms with E-state index in [9.17, 15) is 4.79 Å². The number of ether oxygens (including phenoxy) is 1. The molecule has 114 valence electrons. The summed E-state index contributed by atoms with van der Waals surface area (Å²) in [6.45, 7) is 4.66. The third kappa shape index (κ3) is 4.09. The summed E-state index contributed by atoms with van der Waals surface area (Å²) in [5, 5.41) is 5.97. The standard InChI is InChI=1S/C17H19N3O2/c1-3-9-18-14-8-10-19-15(11-14)17(21)20-12-13-6-4-5-7-16(13)22-2/h3-8,10-11H,1,9,12H2,2H3,(H,18,19)(H,20,21). The number of hydrogen-bond donors (Lipinski definition) is 2. The molecule has 1 amide bonds. The number of hydrogen-bond acceptors (Lipinski definition) is 4. The maximum Gasteiger partial charge on any atom is 0.270 e. The van der Waals surface area contributed by atoms with E-state index < -0.39 is 0 Å². The molecular formula is C17H19N3O2. The van der Waals surface area contributed by atoms with Gasteiger partial charge in [0.15, 0.2) is 0 Å². The zero-order valence-electron chi connectivity index (χ0n) is 12.5. The Morgan fingerprint density at radius 2 is 2.18 bits per heavy atom. The summed E-state index contributed by atoms with van der Waals surface area (Å²) in [4.78, 5) is 16.3. The summed E-state index contributed by atoms with van der Waals surface area (Å²) >= 11 is 0. The van der Waals surface area contributed by atoms with Gasteiger partial charge in [0.05, 0.1) is 7.11 Å². The second kappa shape index (κ2) is 7.83. The van der Waals surface area contributed by atoms with Crippen molar-refractivity contribution in [1.82, 2.24) is 10.3 Å². The molecule has 5 heteroatoms. The molecule has 0 atom stereocenters. The van der Waals surface area contributed by atoms with E-state index in [0.29, 0.717) is 18.8 Å². The number of benzene rings is 1. The molecule has 1 heterocycles. The Bertz CT molecular complexity index is 656. The molecule has 0 aliphatic heterocycles. The van der Waals surface area contributed by atoms with Crippen molar-refractivity contribution in [3.63, 3.8) is 0 Å². The minimum absolute atomic E-state index is 0.229. The Balaban J connectivity index is 2.01. The summed E-state index contributed by atoms with van der Waals surface area (Å²) < 4.78 is 5.26. The monoisotopic (exact) mass is 297 g/mol. The van der Waals surface area contributed by atoms with Gasteiger partial charge in [-0.25, -0.2) is 0 Å². The van der Waals surface area contributed by atoms with Gasteiger partial charge in [-0.2, -0.15) is 0 Å². The molecule has 0 unspecified atom stereocenters. The predicted octanol–water partition coefficient (Wildman–Crippen LogP) is 2.62. The lowest BCUT2D eigenvalue weighted by molar-refractivity contribution is 0.0946. The van der Waals surface area contributed by atoms with Crippen molar-refractivity contribution in [3.05, 3.63) is 66.5 Å². The van der Waals surface area contributed by atoms with Crippen LogP contribution in [-0.4, -0.2) is 24.5 Å². The van der Waals surface area contributed by atoms with Gasteiger partial charge in [0.25, 0.3) is 5.91 Å². The van der Waals surface area contributed by atoms with E-state index in [0.717, 1.165) is 17.0 Å². The van der Waals surface area contributed by atoms with Crippen molar-refractivity contribution < 1.29 is 9.53 Å². The molecule has 2 N–H and O–H groups in total. The largest absolute Gasteiger partial charge is 0.496 e. The van der Waals surface area contributed by atoms with Crippen molar-refractivity contribution in [2.24, 2.45) is 0 Å². The Labute approximate surface area is 130 Å². The van der Waals surface area contributed by atoms with Crippen molar-refractivity contribution in [2.75, 3.05) is 19.0 Å². The van der Waals surface area contributed by atoms with Crippen molar-refractivity contribution in [3.8, 4) is 5.75 Å². The number of nitrogens with one attached hydrogen (secondary N) is 2. The number of carbonyl (C=O) groups is 1. The summed E-state index contributed by atoms with van der Waals surface area (Å²) in [5.41, 5.74) is 2.11. The van der Waals surface area contributed by atoms with E-state index >= 15 is 0 Å². The molecular weight excluding hydrogens is 278 g/mol. The van der Waals surface area contributed by atoms with E-state index in [1.54, 1.807) is 31.5 Å². The van der Waals surface area contributed by atoms with Crippen LogP contribution in [0.4, 0.5) is 5.69 Å². The molecule has 2 rings (SSSR count). The van der Waals surface area contributed by atoms with E-state index in [1.807, 2.05) is 24.3 Å². The number of anilines is 1. The molecule has 0 spiro atoms. The minimum atomic E-state index is -0.229. The number of para-hydroxylation sites is 1. The highest BCUT2D eigenvalue weighted by molar-refractivity contribution is 5.93. The third-order valence-electron chi connectivity index (χ3n) is 3.08. The lowest BCUT2D eigenvalue weighted by atomic mass is 10.2. The fourth-order valence-corrected chi connectivity index (χ4v) is 1.97. The van der Waals surface area contributed by atoms with Gasteiger partial charge in [0.2, 0.25) is 0 Å². The van der Waals surface area contributed by atoms with Gasteiger partial charge in [-0.15, -0.1) is 6.58 Å². The van der Waals surface area contributed by atoms with Crippen LogP contribution in [0.1, 0.15) is 16.1 Å². The topological polar surface area (TPSA) is 63.2 Å². The molecule has 5 nitrogen and oxygen atoms in total. The molecule has 0 aliphatic carbocycles. The van der Waals surface area contributed by atoms with Crippen LogP contribution in [0.15, 0.2) is 55.3 Å². The van der Waals surface area contributed by atoms with Crippen LogP contribution in [0.25, 0.3) is 0 Å². The van der Waals surface area contributed by atoms with Gasteiger partial charge in [-0.3, -0.25) is 9.78 Å². The Kier molecular flexibility index (Phi) is 5.54. The van der Waals surface area contributed by atoms with Gasteiger partial charge in [0, 0.05) is 30.5 Å². The first-order chi connectivity index (χ1) is 10.7. The highest BCUT2D eigenvalue weighted by Gasteiger charge is 2.09. The normalized spacial score (nSPS) is 9.86. The molecule has 22 heavy (non-hydrogen) atoms. The van der Waals surface area contributed by atoms with Crippen molar-refractivity contribution in [1.29, 1.82) is 0 Å². The minimum Gasteiger partial charge on any atom is -0.496 e. The summed E-state index contributed by atoms with van der Waals surface area (Å²) in [6, 6.07) is 11.1. The molecule has 0 fully saturated rings. The molecule has 0 saturated heterocycles. The molecule has 0 radical (unpaired) electrons. The number of rotatable bonds is 7. The first-order valence-corrected chi connectivity index (χ1v) is 6.95. The third-order valence-corrected chi connectivity index (χ3v) is 3.08. The number of aromatic nitrogens is 1. The lowest BCUT2D eigenvalue weighted by Gasteiger charge is -2.10. The lowest BCUT2D eigenvalue weighted by Crippen LogP contribution is -2.24. The molecule has 1 aromatic carbocycles. The zero-order chi connectivity index (χ0) is 15.8. The molecule has 2 aromatic rings. The molecule has 1 aromatic heterocycles. The van der Waals surface area contributed by atoms with Crippen molar-refractivity contribution in [2.45, 2.75) is 6.54 Å². The van der Waals surface area contributed by atoms with Gasteiger partial charge < -0.3 is 15.4 Å². The fourth-order valence-electron chi connectivity index (χ4n) is 1.97. The molecule has 0 bridgehead atoms. The SMILES string of the molecule is C=CCNc1ccnc(C(=O)NCc2ccccc2OC)c1. The van der Waals surface area contributed by atoms with E-state index in [1.165, 1.54) is 0 Å². The van der Waals surface area contributed by atoms with Crippen LogP contribution in [0.5, 0.6) is 5.75 Å². The summed E-state index contributed by atoms with van der Waals surface area (Å²) in [5.74, 6) is 0.519. The number of methoxy groups -OCH3 is 1. The van der Waals surface area contributed by atoms with Gasteiger partial charge in [-0.1, -0.05) is 24.3 Å². The van der Waals surface area contributed by atoms with Crippen LogP contribution >= 0.6 is 0 Å². The number of nitrogens with zero attached hydrogens (tertiary/aromatic N) is 1. The van der Waals surface area contributed by atoms with Gasteiger partial charge >= 0.3 is 0 Å². The summed E-state index contributed by atoms with van der Waals surface area (Å²) in [6.07, 6.45) is 3.35. The van der Waals surface area contributed by atoms with Crippen molar-refractivity contribution >= 4 is 11.6 Å². The van der Waals surface area contributed by atoms with Crippen LogP contribution in [0, 0.1) is 0 Å². The number of amides is 1. The molecule has 0 saturated carbocycles. The Morgan fingerprint density at radius 3 is 2.95 bits per heavy atom. The van der Waals surface area contributed by atoms with Crippen LogP contribution < -0.4 is 15.4 Å². The maximum absolute atomic E-state index is 12.2. The Morgan fingerprint density at radius 1 is 1.36 bits per heavy atom. The number of carbonyl (C=O) groups excluding carboxylic acids is 1. The van der Waals surface area contributed by atoms with Crippen LogP contribution in [-0.2, 0) is 6.54 Å². The van der Waals surface area contributed by atoms with E-state index in [2.05, 4.69) is 22.2 Å².